The molecular formula is C17H17NO2. The van der Waals surface area contributed by atoms with Gasteiger partial charge in [0, 0.05) is 12.0 Å². The first-order chi connectivity index (χ1) is 9.66. The van der Waals surface area contributed by atoms with E-state index < -0.39 is 5.41 Å². The highest BCUT2D eigenvalue weighted by molar-refractivity contribution is 6.22. The zero-order valence-corrected chi connectivity index (χ0v) is 11.4. The molecule has 2 aliphatic rings. The molecule has 3 heteroatoms. The molecule has 1 saturated carbocycles. The van der Waals surface area contributed by atoms with Crippen LogP contribution in [0.3, 0.4) is 0 Å². The zero-order chi connectivity index (χ0) is 14.2. The van der Waals surface area contributed by atoms with E-state index in [-0.39, 0.29) is 11.8 Å². The number of hydrogen-bond donors (Lipinski definition) is 0. The Morgan fingerprint density at radius 1 is 1.15 bits per heavy atom. The van der Waals surface area contributed by atoms with E-state index in [1.807, 2.05) is 0 Å². The third-order valence-electron chi connectivity index (χ3n) is 4.48. The van der Waals surface area contributed by atoms with Gasteiger partial charge in [-0.05, 0) is 31.0 Å². The number of amides is 2. The van der Waals surface area contributed by atoms with Gasteiger partial charge in [0.25, 0.3) is 0 Å². The van der Waals surface area contributed by atoms with Crippen molar-refractivity contribution in [3.05, 3.63) is 29.8 Å². The lowest BCUT2D eigenvalue weighted by Crippen LogP contribution is -2.36. The molecule has 1 heterocycles. The minimum Gasteiger partial charge on any atom is -0.274 e. The molecule has 3 nitrogen and oxygen atoms in total. The summed E-state index contributed by atoms with van der Waals surface area (Å²) in [4.78, 5) is 26.4. The fourth-order valence-electron chi connectivity index (χ4n) is 3.41. The highest BCUT2D eigenvalue weighted by Crippen LogP contribution is 2.46. The second kappa shape index (κ2) is 4.79. The molecule has 1 spiro atoms. The highest BCUT2D eigenvalue weighted by Gasteiger charge is 2.51. The quantitative estimate of drug-likeness (QED) is 0.579. The molecule has 0 N–H and O–H groups in total. The maximum atomic E-state index is 12.7. The van der Waals surface area contributed by atoms with Crippen LogP contribution in [0.4, 0.5) is 5.69 Å². The van der Waals surface area contributed by atoms with Crippen LogP contribution in [0, 0.1) is 17.8 Å². The van der Waals surface area contributed by atoms with Gasteiger partial charge in [-0.2, -0.15) is 0 Å². The van der Waals surface area contributed by atoms with Crippen molar-refractivity contribution >= 4 is 17.5 Å². The van der Waals surface area contributed by atoms with Crippen LogP contribution in [0.5, 0.6) is 0 Å². The summed E-state index contributed by atoms with van der Waals surface area (Å²) >= 11 is 0. The van der Waals surface area contributed by atoms with Crippen LogP contribution in [-0.4, -0.2) is 11.8 Å². The molecule has 0 unspecified atom stereocenters. The van der Waals surface area contributed by atoms with Gasteiger partial charge in [0.1, 0.15) is 0 Å². The van der Waals surface area contributed by atoms with Crippen molar-refractivity contribution in [1.82, 2.24) is 0 Å². The fraction of sp³-hybridized carbons (Fsp3) is 0.412. The van der Waals surface area contributed by atoms with Crippen molar-refractivity contribution in [3.8, 4) is 12.3 Å². The molecule has 1 aliphatic carbocycles. The molecule has 1 saturated heterocycles. The van der Waals surface area contributed by atoms with E-state index in [4.69, 9.17) is 6.42 Å². The van der Waals surface area contributed by atoms with Crippen LogP contribution < -0.4 is 4.90 Å². The normalized spacial score (nSPS) is 21.2. The molecule has 102 valence electrons. The predicted octanol–water partition coefficient (Wildman–Crippen LogP) is 2.88. The van der Waals surface area contributed by atoms with Crippen LogP contribution in [0.1, 0.15) is 44.1 Å². The lowest BCUT2D eigenvalue weighted by molar-refractivity contribution is -0.127. The molecule has 2 fully saturated rings. The first-order valence-corrected chi connectivity index (χ1v) is 7.10. The number of benzene rings is 1. The molecule has 1 aliphatic heterocycles. The minimum atomic E-state index is -0.443. The monoisotopic (exact) mass is 267 g/mol. The van der Waals surface area contributed by atoms with E-state index in [1.165, 1.54) is 4.90 Å². The number of anilines is 1. The van der Waals surface area contributed by atoms with E-state index in [9.17, 15) is 9.59 Å². The van der Waals surface area contributed by atoms with E-state index >= 15 is 0 Å². The predicted molar refractivity (Wildman–Crippen MR) is 77.0 cm³/mol. The number of hydrogen-bond acceptors (Lipinski definition) is 2. The second-order valence-corrected chi connectivity index (χ2v) is 5.75. The summed E-state index contributed by atoms with van der Waals surface area (Å²) in [5.74, 6) is 2.42. The molecular weight excluding hydrogens is 250 g/mol. The van der Waals surface area contributed by atoms with Gasteiger partial charge in [0.2, 0.25) is 11.8 Å². The zero-order valence-electron chi connectivity index (χ0n) is 11.4. The summed E-state index contributed by atoms with van der Waals surface area (Å²) < 4.78 is 0. The highest BCUT2D eigenvalue weighted by atomic mass is 16.2. The smallest absolute Gasteiger partial charge is 0.240 e. The summed E-state index contributed by atoms with van der Waals surface area (Å²) in [7, 11) is 0. The van der Waals surface area contributed by atoms with Crippen molar-refractivity contribution in [2.45, 2.75) is 38.5 Å². The lowest BCUT2D eigenvalue weighted by atomic mass is 9.73. The number of carbonyl (C=O) groups excluding carboxylic acids is 2. The summed E-state index contributed by atoms with van der Waals surface area (Å²) in [6.45, 7) is 0. The van der Waals surface area contributed by atoms with Gasteiger partial charge in [-0.3, -0.25) is 14.5 Å². The van der Waals surface area contributed by atoms with E-state index in [1.54, 1.807) is 24.3 Å². The molecule has 0 bridgehead atoms. The Morgan fingerprint density at radius 3 is 2.60 bits per heavy atom. The minimum absolute atomic E-state index is 0.0311. The SMILES string of the molecule is C#Cc1cccc(N2C(=O)CC3(CCCCC3)C2=O)c1. The maximum Gasteiger partial charge on any atom is 0.240 e. The fourth-order valence-corrected chi connectivity index (χ4v) is 3.41. The molecule has 0 atom stereocenters. The van der Waals surface area contributed by atoms with Gasteiger partial charge in [0.15, 0.2) is 0 Å². The van der Waals surface area contributed by atoms with Crippen LogP contribution >= 0.6 is 0 Å². The average molecular weight is 267 g/mol. The molecule has 1 aromatic carbocycles. The molecule has 0 radical (unpaired) electrons. The topological polar surface area (TPSA) is 37.4 Å². The maximum absolute atomic E-state index is 12.7. The third kappa shape index (κ3) is 1.92. The molecule has 1 aromatic rings. The standard InChI is InChI=1S/C17H17NO2/c1-2-13-7-6-8-14(11-13)18-15(19)12-17(16(18)20)9-4-3-5-10-17/h1,6-8,11H,3-5,9-10,12H2. The van der Waals surface area contributed by atoms with Crippen molar-refractivity contribution in [3.63, 3.8) is 0 Å². The Balaban J connectivity index is 1.96. The Hall–Kier alpha value is -2.08. The summed E-state index contributed by atoms with van der Waals surface area (Å²) in [5.41, 5.74) is 0.854. The van der Waals surface area contributed by atoms with Crippen LogP contribution in [0.2, 0.25) is 0 Å². The second-order valence-electron chi connectivity index (χ2n) is 5.75. The van der Waals surface area contributed by atoms with Gasteiger partial charge < -0.3 is 0 Å². The summed E-state index contributed by atoms with van der Waals surface area (Å²) in [6.07, 6.45) is 10.7. The lowest BCUT2D eigenvalue weighted by Gasteiger charge is -2.30. The van der Waals surface area contributed by atoms with E-state index in [0.29, 0.717) is 17.7 Å². The molecule has 3 rings (SSSR count). The van der Waals surface area contributed by atoms with Crippen LogP contribution in [-0.2, 0) is 9.59 Å². The van der Waals surface area contributed by atoms with Crippen molar-refractivity contribution < 1.29 is 9.59 Å². The third-order valence-corrected chi connectivity index (χ3v) is 4.48. The number of carbonyl (C=O) groups is 2. The number of nitrogens with zero attached hydrogens (tertiary/aromatic N) is 1. The number of imide groups is 1. The van der Waals surface area contributed by atoms with Crippen molar-refractivity contribution in [2.24, 2.45) is 5.41 Å². The van der Waals surface area contributed by atoms with Gasteiger partial charge in [-0.25, -0.2) is 0 Å². The molecule has 0 aromatic heterocycles. The van der Waals surface area contributed by atoms with Gasteiger partial charge >= 0.3 is 0 Å². The van der Waals surface area contributed by atoms with Crippen LogP contribution in [0.15, 0.2) is 24.3 Å². The van der Waals surface area contributed by atoms with Gasteiger partial charge in [0.05, 0.1) is 11.1 Å². The van der Waals surface area contributed by atoms with E-state index in [2.05, 4.69) is 5.92 Å². The van der Waals surface area contributed by atoms with Crippen LogP contribution in [0.25, 0.3) is 0 Å². The first-order valence-electron chi connectivity index (χ1n) is 7.10. The molecule has 20 heavy (non-hydrogen) atoms. The Bertz CT molecular complexity index is 606. The Labute approximate surface area is 119 Å². The largest absolute Gasteiger partial charge is 0.274 e. The van der Waals surface area contributed by atoms with Gasteiger partial charge in [-0.15, -0.1) is 6.42 Å². The summed E-state index contributed by atoms with van der Waals surface area (Å²) in [5, 5.41) is 0. The average Bonchev–Trinajstić information content (AvgIpc) is 2.71. The Kier molecular flexibility index (Phi) is 3.10. The number of rotatable bonds is 1. The molecule has 2 amide bonds. The van der Waals surface area contributed by atoms with Crippen molar-refractivity contribution in [1.29, 1.82) is 0 Å². The van der Waals surface area contributed by atoms with Gasteiger partial charge in [-0.1, -0.05) is 31.2 Å². The van der Waals surface area contributed by atoms with E-state index in [0.717, 1.165) is 32.1 Å². The number of terminal acetylenes is 1. The van der Waals surface area contributed by atoms with Crippen molar-refractivity contribution in [2.75, 3.05) is 4.90 Å². The Morgan fingerprint density at radius 2 is 1.90 bits per heavy atom. The first kappa shape index (κ1) is 12.9. The summed E-state index contributed by atoms with van der Waals surface area (Å²) in [6, 6.07) is 7.10.